The van der Waals surface area contributed by atoms with Gasteiger partial charge in [0.15, 0.2) is 0 Å². The third-order valence-corrected chi connectivity index (χ3v) is 4.20. The van der Waals surface area contributed by atoms with E-state index in [0.29, 0.717) is 0 Å². The second-order valence-corrected chi connectivity index (χ2v) is 5.37. The summed E-state index contributed by atoms with van der Waals surface area (Å²) in [5, 5.41) is -0.291. The number of methoxy groups -OCH3 is 2. The maximum atomic E-state index is 6.67. The Balaban J connectivity index is 1.99. The molecule has 0 aliphatic carbocycles. The molecule has 0 saturated heterocycles. The van der Waals surface area contributed by atoms with E-state index >= 15 is 0 Å². The summed E-state index contributed by atoms with van der Waals surface area (Å²) >= 11 is 6.67. The van der Waals surface area contributed by atoms with E-state index in [4.69, 9.17) is 25.8 Å². The van der Waals surface area contributed by atoms with Gasteiger partial charge < -0.3 is 14.2 Å². The first-order valence-corrected chi connectivity index (χ1v) is 7.28. The van der Waals surface area contributed by atoms with Gasteiger partial charge in [-0.05, 0) is 35.4 Å². The summed E-state index contributed by atoms with van der Waals surface area (Å²) in [5.74, 6) is 2.48. The molecule has 4 heteroatoms. The predicted molar refractivity (Wildman–Crippen MR) is 82.9 cm³/mol. The van der Waals surface area contributed by atoms with Gasteiger partial charge in [-0.1, -0.05) is 12.1 Å². The summed E-state index contributed by atoms with van der Waals surface area (Å²) in [6.45, 7) is 0.744. The normalized spacial score (nSPS) is 14.2. The van der Waals surface area contributed by atoms with Crippen LogP contribution in [-0.2, 0) is 6.42 Å². The molecule has 21 heavy (non-hydrogen) atoms. The highest BCUT2D eigenvalue weighted by molar-refractivity contribution is 6.22. The summed E-state index contributed by atoms with van der Waals surface area (Å²) < 4.78 is 16.2. The first-order chi connectivity index (χ1) is 10.2. The zero-order valence-electron chi connectivity index (χ0n) is 12.1. The molecular formula is C17H17ClO3. The lowest BCUT2D eigenvalue weighted by Gasteiger charge is -2.16. The maximum absolute atomic E-state index is 6.67. The number of rotatable bonds is 4. The molecule has 0 amide bonds. The number of hydrogen-bond acceptors (Lipinski definition) is 3. The molecule has 0 spiro atoms. The van der Waals surface area contributed by atoms with Gasteiger partial charge in [0.25, 0.3) is 0 Å². The Kier molecular flexibility index (Phi) is 3.93. The van der Waals surface area contributed by atoms with Crippen LogP contribution in [0, 0.1) is 0 Å². The molecule has 0 fully saturated rings. The minimum Gasteiger partial charge on any atom is -0.497 e. The molecule has 1 aliphatic heterocycles. The number of ether oxygens (including phenoxy) is 3. The molecule has 0 radical (unpaired) electrons. The number of alkyl halides is 1. The van der Waals surface area contributed by atoms with Crippen molar-refractivity contribution < 1.29 is 14.2 Å². The fourth-order valence-corrected chi connectivity index (χ4v) is 2.89. The summed E-state index contributed by atoms with van der Waals surface area (Å²) in [6, 6.07) is 11.8. The summed E-state index contributed by atoms with van der Waals surface area (Å²) in [4.78, 5) is 0. The van der Waals surface area contributed by atoms with Gasteiger partial charge >= 0.3 is 0 Å². The van der Waals surface area contributed by atoms with Crippen LogP contribution < -0.4 is 14.2 Å². The highest BCUT2D eigenvalue weighted by Gasteiger charge is 2.20. The van der Waals surface area contributed by atoms with Crippen molar-refractivity contribution in [3.8, 4) is 17.2 Å². The molecule has 2 aromatic carbocycles. The van der Waals surface area contributed by atoms with Gasteiger partial charge in [-0.15, -0.1) is 11.6 Å². The van der Waals surface area contributed by atoms with E-state index in [2.05, 4.69) is 6.07 Å². The molecule has 3 rings (SSSR count). The summed E-state index contributed by atoms with van der Waals surface area (Å²) in [6.07, 6.45) is 0.933. The van der Waals surface area contributed by atoms with E-state index in [0.717, 1.165) is 41.4 Å². The fourth-order valence-electron chi connectivity index (χ4n) is 2.58. The van der Waals surface area contributed by atoms with Crippen molar-refractivity contribution in [3.63, 3.8) is 0 Å². The Morgan fingerprint density at radius 2 is 1.95 bits per heavy atom. The first kappa shape index (κ1) is 14.1. The molecule has 0 saturated carbocycles. The van der Waals surface area contributed by atoms with E-state index in [1.54, 1.807) is 14.2 Å². The van der Waals surface area contributed by atoms with E-state index < -0.39 is 0 Å². The highest BCUT2D eigenvalue weighted by Crippen LogP contribution is 2.39. The third kappa shape index (κ3) is 2.66. The summed E-state index contributed by atoms with van der Waals surface area (Å²) in [7, 11) is 3.28. The highest BCUT2D eigenvalue weighted by atomic mass is 35.5. The minimum absolute atomic E-state index is 0.291. The van der Waals surface area contributed by atoms with Gasteiger partial charge in [0.2, 0.25) is 0 Å². The van der Waals surface area contributed by atoms with Crippen molar-refractivity contribution in [2.75, 3.05) is 20.8 Å². The van der Waals surface area contributed by atoms with Crippen molar-refractivity contribution in [3.05, 3.63) is 53.1 Å². The fraction of sp³-hybridized carbons (Fsp3) is 0.294. The van der Waals surface area contributed by atoms with E-state index in [1.165, 1.54) is 5.56 Å². The average Bonchev–Trinajstić information content (AvgIpc) is 3.01. The standard InChI is InChI=1S/C17H17ClO3/c1-19-13-4-6-16(20-2)14(10-13)17(18)12-3-5-15-11(9-12)7-8-21-15/h3-6,9-10,17H,7-8H2,1-2H3. The Morgan fingerprint density at radius 1 is 1.10 bits per heavy atom. The monoisotopic (exact) mass is 304 g/mol. The number of fused-ring (bicyclic) bond motifs is 1. The van der Waals surface area contributed by atoms with Crippen LogP contribution in [0.5, 0.6) is 17.2 Å². The molecule has 1 unspecified atom stereocenters. The second-order valence-electron chi connectivity index (χ2n) is 4.94. The predicted octanol–water partition coefficient (Wildman–Crippen LogP) is 3.97. The number of halogens is 1. The molecule has 1 aliphatic rings. The molecule has 1 atom stereocenters. The molecule has 0 aromatic heterocycles. The zero-order valence-corrected chi connectivity index (χ0v) is 12.8. The van der Waals surface area contributed by atoms with Crippen molar-refractivity contribution >= 4 is 11.6 Å². The van der Waals surface area contributed by atoms with Crippen molar-refractivity contribution in [1.29, 1.82) is 0 Å². The molecule has 0 N–H and O–H groups in total. The molecule has 0 bridgehead atoms. The lowest BCUT2D eigenvalue weighted by molar-refractivity contribution is 0.357. The summed E-state index contributed by atoms with van der Waals surface area (Å²) in [5.41, 5.74) is 3.14. The SMILES string of the molecule is COc1ccc(OC)c(C(Cl)c2ccc3c(c2)CCO3)c1. The van der Waals surface area contributed by atoms with Gasteiger partial charge in [0.05, 0.1) is 26.2 Å². The quantitative estimate of drug-likeness (QED) is 0.800. The van der Waals surface area contributed by atoms with Crippen LogP contribution in [0.25, 0.3) is 0 Å². The third-order valence-electron chi connectivity index (χ3n) is 3.72. The molecule has 3 nitrogen and oxygen atoms in total. The number of benzene rings is 2. The van der Waals surface area contributed by atoms with Crippen LogP contribution in [0.2, 0.25) is 0 Å². The lowest BCUT2D eigenvalue weighted by Crippen LogP contribution is -1.99. The van der Waals surface area contributed by atoms with Gasteiger partial charge in [-0.25, -0.2) is 0 Å². The molecule has 1 heterocycles. The van der Waals surface area contributed by atoms with Crippen molar-refractivity contribution in [1.82, 2.24) is 0 Å². The molecule has 2 aromatic rings. The zero-order chi connectivity index (χ0) is 14.8. The maximum Gasteiger partial charge on any atom is 0.124 e. The first-order valence-electron chi connectivity index (χ1n) is 6.84. The van der Waals surface area contributed by atoms with Gasteiger partial charge in [-0.2, -0.15) is 0 Å². The second kappa shape index (κ2) is 5.86. The van der Waals surface area contributed by atoms with Crippen LogP contribution in [0.1, 0.15) is 22.1 Å². The molecular weight excluding hydrogens is 288 g/mol. The Hall–Kier alpha value is -1.87. The van der Waals surface area contributed by atoms with Crippen LogP contribution in [0.15, 0.2) is 36.4 Å². The van der Waals surface area contributed by atoms with Crippen LogP contribution in [0.4, 0.5) is 0 Å². The van der Waals surface area contributed by atoms with Gasteiger partial charge in [0.1, 0.15) is 17.2 Å². The number of hydrogen-bond donors (Lipinski definition) is 0. The van der Waals surface area contributed by atoms with E-state index in [9.17, 15) is 0 Å². The van der Waals surface area contributed by atoms with Crippen LogP contribution >= 0.6 is 11.6 Å². The smallest absolute Gasteiger partial charge is 0.124 e. The van der Waals surface area contributed by atoms with Crippen LogP contribution in [-0.4, -0.2) is 20.8 Å². The topological polar surface area (TPSA) is 27.7 Å². The Morgan fingerprint density at radius 3 is 2.71 bits per heavy atom. The van der Waals surface area contributed by atoms with Crippen LogP contribution in [0.3, 0.4) is 0 Å². The lowest BCUT2D eigenvalue weighted by atomic mass is 10.00. The van der Waals surface area contributed by atoms with Crippen molar-refractivity contribution in [2.45, 2.75) is 11.8 Å². The minimum atomic E-state index is -0.291. The van der Waals surface area contributed by atoms with Gasteiger partial charge in [-0.3, -0.25) is 0 Å². The van der Waals surface area contributed by atoms with Gasteiger partial charge in [0, 0.05) is 12.0 Å². The Bertz CT molecular complexity index is 654. The largest absolute Gasteiger partial charge is 0.497 e. The van der Waals surface area contributed by atoms with Crippen molar-refractivity contribution in [2.24, 2.45) is 0 Å². The average molecular weight is 305 g/mol. The van der Waals surface area contributed by atoms with E-state index in [1.807, 2.05) is 30.3 Å². The molecule has 110 valence electrons. The van der Waals surface area contributed by atoms with E-state index in [-0.39, 0.29) is 5.38 Å². The Labute approximate surface area is 129 Å².